The first-order valence-electron chi connectivity index (χ1n) is 10.5. The Balaban J connectivity index is 1.92. The van der Waals surface area contributed by atoms with Crippen molar-refractivity contribution in [3.05, 3.63) is 71.4 Å². The number of pyridine rings is 1. The molecule has 1 unspecified atom stereocenters. The fraction of sp³-hybridized carbons (Fsp3) is 0.320. The molecule has 0 aliphatic carbocycles. The molecule has 32 heavy (non-hydrogen) atoms. The fourth-order valence-corrected chi connectivity index (χ4v) is 3.47. The van der Waals surface area contributed by atoms with Crippen molar-refractivity contribution >= 4 is 22.8 Å². The molecule has 7 heteroatoms. The first-order chi connectivity index (χ1) is 15.4. The number of ether oxygens (including phenoxy) is 3. The summed E-state index contributed by atoms with van der Waals surface area (Å²) in [4.78, 5) is 30.0. The smallest absolute Gasteiger partial charge is 0.340 e. The molecular formula is C25H28N2O5. The number of esters is 2. The van der Waals surface area contributed by atoms with E-state index in [0.717, 1.165) is 16.5 Å². The zero-order valence-corrected chi connectivity index (χ0v) is 18.8. The number of carbonyl (C=O) groups is 2. The van der Waals surface area contributed by atoms with E-state index >= 15 is 0 Å². The summed E-state index contributed by atoms with van der Waals surface area (Å²) in [6.07, 6.45) is 0. The number of hydrogen-bond donors (Lipinski definition) is 1. The summed E-state index contributed by atoms with van der Waals surface area (Å²) >= 11 is 0. The zero-order chi connectivity index (χ0) is 23.1. The molecule has 168 valence electrons. The topological polar surface area (TPSA) is 86.8 Å². The maximum Gasteiger partial charge on any atom is 0.340 e. The summed E-state index contributed by atoms with van der Waals surface area (Å²) in [6, 6.07) is 16.8. The van der Waals surface area contributed by atoms with Crippen LogP contribution in [0.1, 0.15) is 35.5 Å². The molecule has 0 spiro atoms. The van der Waals surface area contributed by atoms with Crippen LogP contribution in [0.4, 0.5) is 0 Å². The molecule has 0 radical (unpaired) electrons. The number of para-hydroxylation sites is 2. The average molecular weight is 437 g/mol. The van der Waals surface area contributed by atoms with Gasteiger partial charge in [-0.1, -0.05) is 36.4 Å². The number of nitrogens with one attached hydrogen (secondary N) is 1. The second kappa shape index (κ2) is 10.2. The van der Waals surface area contributed by atoms with E-state index in [2.05, 4.69) is 10.3 Å². The second-order valence-electron chi connectivity index (χ2n) is 7.58. The van der Waals surface area contributed by atoms with Crippen LogP contribution >= 0.6 is 0 Å². The van der Waals surface area contributed by atoms with Crippen LogP contribution in [-0.4, -0.2) is 42.8 Å². The SMILES string of the molecule is CCOC(=O)c1c(CNC(C)(COc2ccccc2)C(=O)OC)nc2ccccc2c1C. The molecule has 3 aromatic rings. The molecule has 1 atom stereocenters. The highest BCUT2D eigenvalue weighted by Crippen LogP contribution is 2.24. The van der Waals surface area contributed by atoms with Crippen molar-refractivity contribution in [2.24, 2.45) is 0 Å². The zero-order valence-electron chi connectivity index (χ0n) is 18.8. The Bertz CT molecular complexity index is 1100. The normalized spacial score (nSPS) is 12.8. The number of aromatic nitrogens is 1. The molecule has 1 heterocycles. The number of fused-ring (bicyclic) bond motifs is 1. The summed E-state index contributed by atoms with van der Waals surface area (Å²) < 4.78 is 16.1. The van der Waals surface area contributed by atoms with Crippen molar-refractivity contribution in [1.29, 1.82) is 0 Å². The number of benzene rings is 2. The van der Waals surface area contributed by atoms with Crippen molar-refractivity contribution in [3.8, 4) is 5.75 Å². The number of nitrogens with zero attached hydrogens (tertiary/aromatic N) is 1. The monoisotopic (exact) mass is 436 g/mol. The minimum absolute atomic E-state index is 0.0327. The number of hydrogen-bond acceptors (Lipinski definition) is 7. The minimum atomic E-state index is -1.17. The van der Waals surface area contributed by atoms with E-state index in [-0.39, 0.29) is 19.8 Å². The lowest BCUT2D eigenvalue weighted by Crippen LogP contribution is -2.54. The third kappa shape index (κ3) is 5.06. The van der Waals surface area contributed by atoms with E-state index in [9.17, 15) is 9.59 Å². The van der Waals surface area contributed by atoms with E-state index in [1.165, 1.54) is 7.11 Å². The van der Waals surface area contributed by atoms with Crippen LogP contribution < -0.4 is 10.1 Å². The molecule has 0 saturated carbocycles. The Labute approximate surface area is 187 Å². The quantitative estimate of drug-likeness (QED) is 0.510. The van der Waals surface area contributed by atoms with Crippen molar-refractivity contribution in [1.82, 2.24) is 10.3 Å². The third-order valence-electron chi connectivity index (χ3n) is 5.26. The molecular weight excluding hydrogens is 408 g/mol. The predicted molar refractivity (Wildman–Crippen MR) is 122 cm³/mol. The largest absolute Gasteiger partial charge is 0.491 e. The van der Waals surface area contributed by atoms with Gasteiger partial charge in [-0.15, -0.1) is 0 Å². The number of aryl methyl sites for hydroxylation is 1. The van der Waals surface area contributed by atoms with Crippen molar-refractivity contribution in [2.75, 3.05) is 20.3 Å². The van der Waals surface area contributed by atoms with Gasteiger partial charge in [-0.3, -0.25) is 10.3 Å². The molecule has 0 amide bonds. The van der Waals surface area contributed by atoms with Gasteiger partial charge >= 0.3 is 11.9 Å². The standard InChI is InChI=1S/C25H28N2O5/c1-5-31-23(28)22-17(2)19-13-9-10-14-20(19)27-21(22)15-26-25(3,24(29)30-4)16-32-18-11-7-6-8-12-18/h6-14,26H,5,15-16H2,1-4H3. The molecule has 1 N–H and O–H groups in total. The van der Waals surface area contributed by atoms with Crippen molar-refractivity contribution in [2.45, 2.75) is 32.9 Å². The van der Waals surface area contributed by atoms with Gasteiger partial charge in [0.25, 0.3) is 0 Å². The fourth-order valence-electron chi connectivity index (χ4n) is 3.47. The van der Waals surface area contributed by atoms with Crippen LogP contribution in [0.5, 0.6) is 5.75 Å². The Morgan fingerprint density at radius 1 is 1.06 bits per heavy atom. The first kappa shape index (κ1) is 23.2. The van der Waals surface area contributed by atoms with Crippen LogP contribution in [0.25, 0.3) is 10.9 Å². The number of carbonyl (C=O) groups excluding carboxylic acids is 2. The Hall–Kier alpha value is -3.45. The predicted octanol–water partition coefficient (Wildman–Crippen LogP) is 3.82. The van der Waals surface area contributed by atoms with Gasteiger partial charge in [-0.2, -0.15) is 0 Å². The van der Waals surface area contributed by atoms with Gasteiger partial charge in [0.1, 0.15) is 17.9 Å². The Morgan fingerprint density at radius 2 is 1.75 bits per heavy atom. The van der Waals surface area contributed by atoms with Gasteiger partial charge in [0, 0.05) is 11.9 Å². The molecule has 0 fully saturated rings. The highest BCUT2D eigenvalue weighted by Gasteiger charge is 2.36. The van der Waals surface area contributed by atoms with Gasteiger partial charge in [0.2, 0.25) is 0 Å². The Kier molecular flexibility index (Phi) is 7.43. The van der Waals surface area contributed by atoms with Crippen LogP contribution in [-0.2, 0) is 20.8 Å². The summed E-state index contributed by atoms with van der Waals surface area (Å²) in [5.41, 5.74) is 1.27. The summed E-state index contributed by atoms with van der Waals surface area (Å²) in [5.74, 6) is -0.291. The molecule has 0 saturated heterocycles. The highest BCUT2D eigenvalue weighted by molar-refractivity contribution is 5.98. The molecule has 0 aliphatic heterocycles. The summed E-state index contributed by atoms with van der Waals surface area (Å²) in [6.45, 7) is 5.75. The van der Waals surface area contributed by atoms with E-state index < -0.39 is 17.5 Å². The molecule has 0 bridgehead atoms. The van der Waals surface area contributed by atoms with E-state index in [0.29, 0.717) is 17.0 Å². The Morgan fingerprint density at radius 3 is 2.44 bits per heavy atom. The third-order valence-corrected chi connectivity index (χ3v) is 5.26. The summed E-state index contributed by atoms with van der Waals surface area (Å²) in [7, 11) is 1.33. The second-order valence-corrected chi connectivity index (χ2v) is 7.58. The molecule has 1 aromatic heterocycles. The van der Waals surface area contributed by atoms with E-state index in [1.54, 1.807) is 13.8 Å². The van der Waals surface area contributed by atoms with Gasteiger partial charge in [-0.05, 0) is 44.5 Å². The average Bonchev–Trinajstić information content (AvgIpc) is 2.81. The first-order valence-corrected chi connectivity index (χ1v) is 10.5. The van der Waals surface area contributed by atoms with Gasteiger partial charge in [0.05, 0.1) is 30.5 Å². The molecule has 2 aromatic carbocycles. The van der Waals surface area contributed by atoms with Gasteiger partial charge < -0.3 is 14.2 Å². The molecule has 7 nitrogen and oxygen atoms in total. The van der Waals surface area contributed by atoms with E-state index in [4.69, 9.17) is 14.2 Å². The van der Waals surface area contributed by atoms with Crippen LogP contribution in [0.2, 0.25) is 0 Å². The number of methoxy groups -OCH3 is 1. The van der Waals surface area contributed by atoms with Crippen LogP contribution in [0, 0.1) is 6.92 Å². The minimum Gasteiger partial charge on any atom is -0.491 e. The van der Waals surface area contributed by atoms with Crippen molar-refractivity contribution in [3.63, 3.8) is 0 Å². The highest BCUT2D eigenvalue weighted by atomic mass is 16.5. The van der Waals surface area contributed by atoms with Crippen molar-refractivity contribution < 1.29 is 23.8 Å². The molecule has 0 aliphatic rings. The summed E-state index contributed by atoms with van der Waals surface area (Å²) in [5, 5.41) is 4.07. The van der Waals surface area contributed by atoms with Gasteiger partial charge in [0.15, 0.2) is 0 Å². The lowest BCUT2D eigenvalue weighted by Gasteiger charge is -2.28. The maximum absolute atomic E-state index is 12.7. The van der Waals surface area contributed by atoms with Gasteiger partial charge in [-0.25, -0.2) is 9.59 Å². The number of rotatable bonds is 9. The van der Waals surface area contributed by atoms with Crippen LogP contribution in [0.3, 0.4) is 0 Å². The molecule has 3 rings (SSSR count). The lowest BCUT2D eigenvalue weighted by atomic mass is 9.99. The maximum atomic E-state index is 12.7. The van der Waals surface area contributed by atoms with Crippen LogP contribution in [0.15, 0.2) is 54.6 Å². The lowest BCUT2D eigenvalue weighted by molar-refractivity contribution is -0.149. The van der Waals surface area contributed by atoms with E-state index in [1.807, 2.05) is 61.5 Å².